The van der Waals surface area contributed by atoms with Crippen LogP contribution in [0.5, 0.6) is 0 Å². The van der Waals surface area contributed by atoms with Crippen molar-refractivity contribution in [2.24, 2.45) is 0 Å². The third kappa shape index (κ3) is 4.65. The molecule has 6 nitrogen and oxygen atoms in total. The van der Waals surface area contributed by atoms with Gasteiger partial charge in [0.15, 0.2) is 0 Å². The molecule has 3 aromatic rings. The zero-order valence-electron chi connectivity index (χ0n) is 16.7. The van der Waals surface area contributed by atoms with Crippen molar-refractivity contribution in [2.45, 2.75) is 20.3 Å². The van der Waals surface area contributed by atoms with Crippen molar-refractivity contribution >= 4 is 28.8 Å². The second kappa shape index (κ2) is 8.52. The van der Waals surface area contributed by atoms with Gasteiger partial charge in [0, 0.05) is 37.2 Å². The van der Waals surface area contributed by atoms with Gasteiger partial charge in [-0.1, -0.05) is 25.1 Å². The molecule has 6 heteroatoms. The number of amides is 1. The molecular formula is C22H25N5O. The smallest absolute Gasteiger partial charge is 0.274 e. The van der Waals surface area contributed by atoms with Gasteiger partial charge in [-0.15, -0.1) is 0 Å². The Morgan fingerprint density at radius 2 is 1.75 bits per heavy atom. The number of aromatic nitrogens is 2. The molecule has 0 saturated heterocycles. The fourth-order valence-corrected chi connectivity index (χ4v) is 2.88. The van der Waals surface area contributed by atoms with Crippen molar-refractivity contribution in [2.75, 3.05) is 29.6 Å². The van der Waals surface area contributed by atoms with E-state index in [9.17, 15) is 4.79 Å². The van der Waals surface area contributed by atoms with Gasteiger partial charge >= 0.3 is 0 Å². The summed E-state index contributed by atoms with van der Waals surface area (Å²) in [5.74, 6) is 0.861. The van der Waals surface area contributed by atoms with Crippen LogP contribution in [0.25, 0.3) is 0 Å². The van der Waals surface area contributed by atoms with E-state index < -0.39 is 0 Å². The van der Waals surface area contributed by atoms with E-state index in [1.165, 1.54) is 0 Å². The number of benzene rings is 2. The maximum atomic E-state index is 12.7. The van der Waals surface area contributed by atoms with E-state index in [1.807, 2.05) is 67.5 Å². The highest BCUT2D eigenvalue weighted by atomic mass is 16.1. The van der Waals surface area contributed by atoms with Crippen molar-refractivity contribution < 1.29 is 4.79 Å². The Morgan fingerprint density at radius 3 is 2.43 bits per heavy atom. The molecule has 0 bridgehead atoms. The van der Waals surface area contributed by atoms with Crippen molar-refractivity contribution in [3.05, 3.63) is 71.7 Å². The molecule has 0 aliphatic rings. The van der Waals surface area contributed by atoms with E-state index in [2.05, 4.69) is 27.5 Å². The number of anilines is 4. The summed E-state index contributed by atoms with van der Waals surface area (Å²) in [6.45, 7) is 3.83. The van der Waals surface area contributed by atoms with Crippen LogP contribution in [0.15, 0.2) is 54.6 Å². The van der Waals surface area contributed by atoms with Crippen molar-refractivity contribution in [1.29, 1.82) is 0 Å². The first-order valence-electron chi connectivity index (χ1n) is 9.25. The zero-order chi connectivity index (χ0) is 20.1. The van der Waals surface area contributed by atoms with Gasteiger partial charge in [-0.3, -0.25) is 4.79 Å². The van der Waals surface area contributed by atoms with Crippen LogP contribution in [0, 0.1) is 6.92 Å². The monoisotopic (exact) mass is 375 g/mol. The first-order chi connectivity index (χ1) is 13.5. The zero-order valence-corrected chi connectivity index (χ0v) is 16.7. The highest BCUT2D eigenvalue weighted by Gasteiger charge is 2.12. The van der Waals surface area contributed by atoms with Gasteiger partial charge in [-0.25, -0.2) is 9.97 Å². The Labute approximate surface area is 165 Å². The predicted octanol–water partition coefficient (Wildman–Crippen LogP) is 4.41. The van der Waals surface area contributed by atoms with Crippen LogP contribution < -0.4 is 15.5 Å². The van der Waals surface area contributed by atoms with Crippen molar-refractivity contribution in [1.82, 2.24) is 9.97 Å². The number of carbonyl (C=O) groups excluding carboxylic acids is 1. The maximum Gasteiger partial charge on any atom is 0.274 e. The minimum atomic E-state index is -0.252. The molecule has 2 N–H and O–H groups in total. The molecular weight excluding hydrogens is 350 g/mol. The molecule has 0 atom stereocenters. The van der Waals surface area contributed by atoms with Gasteiger partial charge in [-0.05, 0) is 49.2 Å². The fourth-order valence-electron chi connectivity index (χ4n) is 2.88. The van der Waals surface area contributed by atoms with Crippen LogP contribution in [0.1, 0.15) is 28.8 Å². The molecule has 0 aliphatic carbocycles. The van der Waals surface area contributed by atoms with Gasteiger partial charge in [0.1, 0.15) is 17.3 Å². The summed E-state index contributed by atoms with van der Waals surface area (Å²) in [7, 11) is 4.00. The largest absolute Gasteiger partial charge is 0.378 e. The maximum absolute atomic E-state index is 12.7. The summed E-state index contributed by atoms with van der Waals surface area (Å²) in [4.78, 5) is 23.5. The average molecular weight is 375 g/mol. The quantitative estimate of drug-likeness (QED) is 0.668. The van der Waals surface area contributed by atoms with Crippen LogP contribution >= 0.6 is 0 Å². The second-order valence-corrected chi connectivity index (χ2v) is 6.72. The minimum absolute atomic E-state index is 0.252. The highest BCUT2D eigenvalue weighted by molar-refractivity contribution is 6.03. The molecule has 1 heterocycles. The Kier molecular flexibility index (Phi) is 5.89. The number of nitrogens with zero attached hydrogens (tertiary/aromatic N) is 3. The third-order valence-corrected chi connectivity index (χ3v) is 4.37. The van der Waals surface area contributed by atoms with E-state index in [4.69, 9.17) is 0 Å². The molecule has 2 aromatic carbocycles. The number of hydrogen-bond donors (Lipinski definition) is 2. The number of aryl methyl sites for hydroxylation is 2. The van der Waals surface area contributed by atoms with Crippen LogP contribution in [-0.2, 0) is 6.42 Å². The van der Waals surface area contributed by atoms with E-state index >= 15 is 0 Å². The lowest BCUT2D eigenvalue weighted by molar-refractivity contribution is 0.102. The molecule has 1 aromatic heterocycles. The lowest BCUT2D eigenvalue weighted by Gasteiger charge is -2.14. The number of rotatable bonds is 6. The van der Waals surface area contributed by atoms with Crippen LogP contribution in [0.4, 0.5) is 22.9 Å². The van der Waals surface area contributed by atoms with E-state index in [0.29, 0.717) is 17.3 Å². The first-order valence-corrected chi connectivity index (χ1v) is 9.25. The summed E-state index contributed by atoms with van der Waals surface area (Å²) < 4.78 is 0. The van der Waals surface area contributed by atoms with Gasteiger partial charge in [0.25, 0.3) is 5.91 Å². The normalized spacial score (nSPS) is 10.4. The summed E-state index contributed by atoms with van der Waals surface area (Å²) in [6, 6.07) is 17.4. The van der Waals surface area contributed by atoms with E-state index in [1.54, 1.807) is 13.0 Å². The Bertz CT molecular complexity index is 967. The number of nitrogens with one attached hydrogen (secondary N) is 2. The molecule has 3 rings (SSSR count). The second-order valence-electron chi connectivity index (χ2n) is 6.72. The summed E-state index contributed by atoms with van der Waals surface area (Å²) in [5.41, 5.74) is 4.22. The number of carbonyl (C=O) groups is 1. The van der Waals surface area contributed by atoms with Gasteiger partial charge in [-0.2, -0.15) is 0 Å². The summed E-state index contributed by atoms with van der Waals surface area (Å²) >= 11 is 0. The molecule has 0 radical (unpaired) electrons. The van der Waals surface area contributed by atoms with Gasteiger partial charge in [0.2, 0.25) is 0 Å². The topological polar surface area (TPSA) is 70.2 Å². The van der Waals surface area contributed by atoms with Crippen LogP contribution in [0.2, 0.25) is 0 Å². The van der Waals surface area contributed by atoms with E-state index in [-0.39, 0.29) is 5.91 Å². The molecule has 0 saturated carbocycles. The molecule has 144 valence electrons. The molecule has 28 heavy (non-hydrogen) atoms. The number of para-hydroxylation sites is 1. The highest BCUT2D eigenvalue weighted by Crippen LogP contribution is 2.21. The van der Waals surface area contributed by atoms with Gasteiger partial charge in [0.05, 0.1) is 0 Å². The van der Waals surface area contributed by atoms with Crippen LogP contribution in [-0.4, -0.2) is 30.0 Å². The Hall–Kier alpha value is -3.41. The molecule has 0 spiro atoms. The third-order valence-electron chi connectivity index (χ3n) is 4.37. The lowest BCUT2D eigenvalue weighted by atomic mass is 10.1. The molecule has 0 unspecified atom stereocenters. The Balaban J connectivity index is 1.79. The lowest BCUT2D eigenvalue weighted by Crippen LogP contribution is -2.16. The number of hydrogen-bond acceptors (Lipinski definition) is 5. The fraction of sp³-hybridized carbons (Fsp3) is 0.227. The summed E-state index contributed by atoms with van der Waals surface area (Å²) in [6.07, 6.45) is 0.842. The Morgan fingerprint density at radius 1 is 1.04 bits per heavy atom. The van der Waals surface area contributed by atoms with Crippen molar-refractivity contribution in [3.63, 3.8) is 0 Å². The summed E-state index contributed by atoms with van der Waals surface area (Å²) in [5, 5.41) is 6.20. The van der Waals surface area contributed by atoms with Crippen LogP contribution in [0.3, 0.4) is 0 Å². The van der Waals surface area contributed by atoms with Gasteiger partial charge < -0.3 is 15.5 Å². The molecule has 0 aliphatic heterocycles. The standard InChI is InChI=1S/C22H25N5O/c1-5-16-8-6-7-9-19(16)26-22(28)20-14-21(24-15(2)23-20)25-17-10-12-18(13-11-17)27(3)4/h6-14H,5H2,1-4H3,(H,26,28)(H,23,24,25). The SMILES string of the molecule is CCc1ccccc1NC(=O)c1cc(Nc2ccc(N(C)C)cc2)nc(C)n1. The van der Waals surface area contributed by atoms with E-state index in [0.717, 1.165) is 29.0 Å². The molecule has 0 fully saturated rings. The predicted molar refractivity (Wildman–Crippen MR) is 115 cm³/mol. The molecule has 1 amide bonds. The minimum Gasteiger partial charge on any atom is -0.378 e. The first kappa shape index (κ1) is 19.4. The average Bonchev–Trinajstić information content (AvgIpc) is 2.68. The van der Waals surface area contributed by atoms with Crippen molar-refractivity contribution in [3.8, 4) is 0 Å².